The average Bonchev–Trinajstić information content (AvgIpc) is 2.54. The second kappa shape index (κ2) is 17.6. The smallest absolute Gasteiger partial charge is 0.0759 e. The van der Waals surface area contributed by atoms with Crippen molar-refractivity contribution in [3.63, 3.8) is 0 Å². The van der Waals surface area contributed by atoms with Crippen molar-refractivity contribution in [1.29, 1.82) is 0 Å². The number of thioether (sulfide) groups is 4. The first-order valence-corrected chi connectivity index (χ1v) is 14.5. The van der Waals surface area contributed by atoms with E-state index < -0.39 is 0 Å². The third-order valence-corrected chi connectivity index (χ3v) is 11.6. The molecule has 2 unspecified atom stereocenters. The highest BCUT2D eigenvalue weighted by Crippen LogP contribution is 2.34. The van der Waals surface area contributed by atoms with Crippen LogP contribution >= 0.6 is 110 Å². The van der Waals surface area contributed by atoms with Gasteiger partial charge in [-0.1, -0.05) is 0 Å². The van der Waals surface area contributed by atoms with Crippen molar-refractivity contribution < 1.29 is 0 Å². The third-order valence-electron chi connectivity index (χ3n) is 2.57. The van der Waals surface area contributed by atoms with Crippen LogP contribution < -0.4 is 0 Å². The lowest BCUT2D eigenvalue weighted by Gasteiger charge is -2.25. The Labute approximate surface area is 181 Å². The fourth-order valence-electron chi connectivity index (χ4n) is 1.45. The molecule has 0 aliphatic rings. The largest absolute Gasteiger partial charge is 0.179 e. The van der Waals surface area contributed by atoms with Crippen LogP contribution in [0.5, 0.6) is 0 Å². The van der Waals surface area contributed by atoms with Crippen LogP contribution in [0.2, 0.25) is 0 Å². The van der Waals surface area contributed by atoms with Crippen molar-refractivity contribution >= 4 is 110 Å². The molecule has 0 bridgehead atoms. The van der Waals surface area contributed by atoms with E-state index in [0.29, 0.717) is 5.25 Å². The minimum atomic E-state index is -0.00965. The van der Waals surface area contributed by atoms with Gasteiger partial charge in [-0.3, -0.25) is 0 Å². The fourth-order valence-corrected chi connectivity index (χ4v) is 8.10. The number of hydrogen-bond donors (Lipinski definition) is 5. The Morgan fingerprint density at radius 3 is 2.14 bits per heavy atom. The van der Waals surface area contributed by atoms with E-state index in [1.54, 1.807) is 0 Å². The lowest BCUT2D eigenvalue weighted by molar-refractivity contribution is 1.06. The van der Waals surface area contributed by atoms with Crippen LogP contribution in [0.4, 0.5) is 0 Å². The van der Waals surface area contributed by atoms with Crippen LogP contribution in [0.25, 0.3) is 0 Å². The Morgan fingerprint density at radius 1 is 0.864 bits per heavy atom. The summed E-state index contributed by atoms with van der Waals surface area (Å²) >= 11 is 30.1. The van der Waals surface area contributed by atoms with Gasteiger partial charge in [0.2, 0.25) is 0 Å². The second-order valence-electron chi connectivity index (χ2n) is 4.56. The van der Waals surface area contributed by atoms with Gasteiger partial charge in [-0.05, 0) is 29.4 Å². The van der Waals surface area contributed by atoms with Gasteiger partial charge in [0, 0.05) is 39.8 Å². The molecule has 0 aliphatic carbocycles. The summed E-state index contributed by atoms with van der Waals surface area (Å²) in [7, 11) is 0. The summed E-state index contributed by atoms with van der Waals surface area (Å²) in [5.41, 5.74) is 0. The van der Waals surface area contributed by atoms with E-state index in [1.807, 2.05) is 35.3 Å². The standard InChI is InChI=1S/C13H28S9/c14-2-6-21-12(8-16)9-19-4-1-5-20-11-13(18,10-17)22-7-3-15/h12,14-18H,1-11H2. The molecule has 2 atom stereocenters. The first-order valence-electron chi connectivity index (χ1n) is 7.18. The van der Waals surface area contributed by atoms with Crippen molar-refractivity contribution in [3.05, 3.63) is 0 Å². The molecule has 0 aromatic heterocycles. The van der Waals surface area contributed by atoms with Crippen molar-refractivity contribution in [3.8, 4) is 0 Å². The summed E-state index contributed by atoms with van der Waals surface area (Å²) in [5, 5.41) is 0.667. The van der Waals surface area contributed by atoms with Gasteiger partial charge in [-0.2, -0.15) is 98.4 Å². The van der Waals surface area contributed by atoms with Crippen LogP contribution in [0.3, 0.4) is 0 Å². The Hall–Kier alpha value is 3.15. The van der Waals surface area contributed by atoms with Gasteiger partial charge in [0.1, 0.15) is 0 Å². The van der Waals surface area contributed by atoms with Gasteiger partial charge in [0.25, 0.3) is 0 Å². The maximum absolute atomic E-state index is 4.78. The van der Waals surface area contributed by atoms with E-state index in [2.05, 4.69) is 62.3 Å². The molecule has 0 spiro atoms. The summed E-state index contributed by atoms with van der Waals surface area (Å²) in [6.45, 7) is 0. The maximum Gasteiger partial charge on any atom is 0.0759 e. The molecule has 134 valence electrons. The summed E-state index contributed by atoms with van der Waals surface area (Å²) in [6, 6.07) is 0. The molecule has 0 N–H and O–H groups in total. The van der Waals surface area contributed by atoms with Gasteiger partial charge < -0.3 is 0 Å². The monoisotopic (exact) mass is 472 g/mol. The average molecular weight is 473 g/mol. The SMILES string of the molecule is SCCSC(CS)CSCCCSCC(S)(CS)SCCS. The molecule has 22 heavy (non-hydrogen) atoms. The highest BCUT2D eigenvalue weighted by Gasteiger charge is 2.23. The van der Waals surface area contributed by atoms with Crippen LogP contribution in [0.15, 0.2) is 0 Å². The number of rotatable bonds is 16. The summed E-state index contributed by atoms with van der Waals surface area (Å²) in [6.07, 6.45) is 1.26. The minimum absolute atomic E-state index is 0.00965. The summed E-state index contributed by atoms with van der Waals surface area (Å²) in [4.78, 5) is 0. The fraction of sp³-hybridized carbons (Fsp3) is 1.00. The van der Waals surface area contributed by atoms with Crippen molar-refractivity contribution in [2.45, 2.75) is 15.7 Å². The molecule has 0 saturated heterocycles. The van der Waals surface area contributed by atoms with Crippen molar-refractivity contribution in [2.75, 3.05) is 57.5 Å². The Kier molecular flexibility index (Phi) is 20.1. The van der Waals surface area contributed by atoms with E-state index in [-0.39, 0.29) is 4.08 Å². The molecule has 0 fully saturated rings. The quantitative estimate of drug-likeness (QED) is 0.121. The number of hydrogen-bond acceptors (Lipinski definition) is 9. The molecular formula is C13H28S9. The molecule has 0 rings (SSSR count). The normalized spacial score (nSPS) is 15.7. The van der Waals surface area contributed by atoms with Crippen LogP contribution in [0.1, 0.15) is 6.42 Å². The molecule has 0 saturated carbocycles. The lowest BCUT2D eigenvalue weighted by Crippen LogP contribution is -2.23. The second-order valence-corrected chi connectivity index (χ2v) is 12.4. The number of thiol groups is 5. The van der Waals surface area contributed by atoms with Gasteiger partial charge in [0.15, 0.2) is 0 Å². The van der Waals surface area contributed by atoms with Crippen LogP contribution in [-0.4, -0.2) is 66.9 Å². The Morgan fingerprint density at radius 2 is 1.55 bits per heavy atom. The molecule has 0 nitrogen and oxygen atoms in total. The Bertz CT molecular complexity index is 242. The van der Waals surface area contributed by atoms with E-state index in [4.69, 9.17) is 12.6 Å². The molecule has 9 heteroatoms. The minimum Gasteiger partial charge on any atom is -0.179 e. The molecule has 0 amide bonds. The van der Waals surface area contributed by atoms with Crippen LogP contribution in [-0.2, 0) is 0 Å². The molecule has 0 aliphatic heterocycles. The Balaban J connectivity index is 3.59. The van der Waals surface area contributed by atoms with Gasteiger partial charge >= 0.3 is 0 Å². The van der Waals surface area contributed by atoms with E-state index in [1.165, 1.54) is 23.7 Å². The topological polar surface area (TPSA) is 0 Å². The third kappa shape index (κ3) is 14.3. The molecule has 0 radical (unpaired) electrons. The highest BCUT2D eigenvalue weighted by molar-refractivity contribution is 8.14. The predicted molar refractivity (Wildman–Crippen MR) is 135 cm³/mol. The maximum atomic E-state index is 4.78. The van der Waals surface area contributed by atoms with E-state index in [9.17, 15) is 0 Å². The zero-order chi connectivity index (χ0) is 16.7. The van der Waals surface area contributed by atoms with Gasteiger partial charge in [0.05, 0.1) is 4.08 Å². The molecule has 0 aromatic carbocycles. The highest BCUT2D eigenvalue weighted by atomic mass is 32.2. The predicted octanol–water partition coefficient (Wildman–Crippen LogP) is 5.02. The van der Waals surface area contributed by atoms with E-state index in [0.717, 1.165) is 40.3 Å². The zero-order valence-electron chi connectivity index (χ0n) is 12.7. The zero-order valence-corrected chi connectivity index (χ0v) is 20.5. The first-order chi connectivity index (χ1) is 10.6. The van der Waals surface area contributed by atoms with Gasteiger partial charge in [-0.15, -0.1) is 11.8 Å². The van der Waals surface area contributed by atoms with Gasteiger partial charge in [-0.25, -0.2) is 0 Å². The van der Waals surface area contributed by atoms with E-state index >= 15 is 0 Å². The molecule has 0 heterocycles. The van der Waals surface area contributed by atoms with Crippen molar-refractivity contribution in [2.24, 2.45) is 0 Å². The van der Waals surface area contributed by atoms with Crippen LogP contribution in [0, 0.1) is 0 Å². The first kappa shape index (κ1) is 25.1. The summed E-state index contributed by atoms with van der Waals surface area (Å²) in [5.74, 6) is 10.5. The molecular weight excluding hydrogens is 445 g/mol. The lowest BCUT2D eigenvalue weighted by atomic mass is 10.5. The summed E-state index contributed by atoms with van der Waals surface area (Å²) < 4.78 is -0.00965. The van der Waals surface area contributed by atoms with Crippen molar-refractivity contribution in [1.82, 2.24) is 0 Å². The molecule has 0 aromatic rings.